The molecule has 0 spiro atoms. The smallest absolute Gasteiger partial charge is 0.220 e. The van der Waals surface area contributed by atoms with Crippen LogP contribution >= 0.6 is 0 Å². The predicted molar refractivity (Wildman–Crippen MR) is 94.7 cm³/mol. The van der Waals surface area contributed by atoms with Gasteiger partial charge in [0.2, 0.25) is 5.91 Å². The van der Waals surface area contributed by atoms with Crippen LogP contribution in [0.5, 0.6) is 0 Å². The van der Waals surface area contributed by atoms with Gasteiger partial charge in [-0.1, -0.05) is 36.4 Å². The molecule has 4 heteroatoms. The molecule has 122 valence electrons. The van der Waals surface area contributed by atoms with Crippen LogP contribution in [0.25, 0.3) is 11.0 Å². The molecular formula is C20H21N3O. The predicted octanol–water partition coefficient (Wildman–Crippen LogP) is 3.69. The van der Waals surface area contributed by atoms with Crippen molar-refractivity contribution in [3.8, 4) is 0 Å². The van der Waals surface area contributed by atoms with E-state index in [1.807, 2.05) is 24.3 Å². The lowest BCUT2D eigenvalue weighted by molar-refractivity contribution is -0.121. The number of nitrogens with one attached hydrogen (secondary N) is 2. The molecule has 4 rings (SSSR count). The minimum absolute atomic E-state index is 0.0946. The molecule has 1 aliphatic rings. The normalized spacial score (nSPS) is 16.8. The van der Waals surface area contributed by atoms with Gasteiger partial charge in [0.05, 0.1) is 17.1 Å². The Morgan fingerprint density at radius 3 is 2.92 bits per heavy atom. The van der Waals surface area contributed by atoms with E-state index in [2.05, 4.69) is 39.6 Å². The molecule has 1 aromatic heterocycles. The van der Waals surface area contributed by atoms with E-state index in [1.54, 1.807) is 0 Å². The first-order valence-corrected chi connectivity index (χ1v) is 8.60. The lowest BCUT2D eigenvalue weighted by atomic mass is 9.87. The molecule has 2 aromatic carbocycles. The van der Waals surface area contributed by atoms with Crippen molar-refractivity contribution in [2.24, 2.45) is 0 Å². The van der Waals surface area contributed by atoms with Crippen LogP contribution in [0.4, 0.5) is 0 Å². The average Bonchev–Trinajstić information content (AvgIpc) is 3.03. The Kier molecular flexibility index (Phi) is 4.03. The van der Waals surface area contributed by atoms with E-state index < -0.39 is 0 Å². The van der Waals surface area contributed by atoms with Crippen molar-refractivity contribution in [2.45, 2.75) is 38.1 Å². The van der Waals surface area contributed by atoms with Crippen LogP contribution in [0.1, 0.15) is 42.3 Å². The third kappa shape index (κ3) is 3.04. The third-order valence-electron chi connectivity index (χ3n) is 4.73. The molecule has 0 unspecified atom stereocenters. The highest BCUT2D eigenvalue weighted by molar-refractivity contribution is 5.77. The fourth-order valence-electron chi connectivity index (χ4n) is 3.53. The third-order valence-corrected chi connectivity index (χ3v) is 4.73. The number of hydrogen-bond acceptors (Lipinski definition) is 2. The van der Waals surface area contributed by atoms with Crippen molar-refractivity contribution in [3.63, 3.8) is 0 Å². The van der Waals surface area contributed by atoms with E-state index >= 15 is 0 Å². The largest absolute Gasteiger partial charge is 0.349 e. The van der Waals surface area contributed by atoms with Crippen LogP contribution in [0.3, 0.4) is 0 Å². The summed E-state index contributed by atoms with van der Waals surface area (Å²) in [6.07, 6.45) is 4.35. The first-order valence-electron chi connectivity index (χ1n) is 8.60. The number of rotatable bonds is 4. The second-order valence-electron chi connectivity index (χ2n) is 6.41. The topological polar surface area (TPSA) is 57.8 Å². The summed E-state index contributed by atoms with van der Waals surface area (Å²) in [5.74, 6) is 0.965. The lowest BCUT2D eigenvalue weighted by Gasteiger charge is -2.26. The van der Waals surface area contributed by atoms with Crippen molar-refractivity contribution in [2.75, 3.05) is 0 Å². The van der Waals surface area contributed by atoms with Gasteiger partial charge < -0.3 is 10.3 Å². The van der Waals surface area contributed by atoms with Crippen LogP contribution in [0.15, 0.2) is 48.5 Å². The maximum absolute atomic E-state index is 12.4. The number of fused-ring (bicyclic) bond motifs is 2. The summed E-state index contributed by atoms with van der Waals surface area (Å²) in [4.78, 5) is 20.2. The summed E-state index contributed by atoms with van der Waals surface area (Å²) in [6.45, 7) is 0. The monoisotopic (exact) mass is 319 g/mol. The van der Waals surface area contributed by atoms with Crippen molar-refractivity contribution < 1.29 is 4.79 Å². The van der Waals surface area contributed by atoms with Gasteiger partial charge >= 0.3 is 0 Å². The van der Waals surface area contributed by atoms with Crippen molar-refractivity contribution >= 4 is 16.9 Å². The molecule has 1 atom stereocenters. The summed E-state index contributed by atoms with van der Waals surface area (Å²) in [7, 11) is 0. The van der Waals surface area contributed by atoms with E-state index in [0.29, 0.717) is 12.8 Å². The number of carbonyl (C=O) groups excluding carboxylic acids is 1. The SMILES string of the molecule is O=C(CCc1nc2ccccc2[nH]1)N[C@@H]1CCCc2ccccc21. The molecule has 1 amide bonds. The van der Waals surface area contributed by atoms with Crippen molar-refractivity contribution in [1.29, 1.82) is 0 Å². The highest BCUT2D eigenvalue weighted by atomic mass is 16.1. The highest BCUT2D eigenvalue weighted by Gasteiger charge is 2.21. The number of para-hydroxylation sites is 2. The zero-order chi connectivity index (χ0) is 16.4. The maximum atomic E-state index is 12.4. The van der Waals surface area contributed by atoms with Gasteiger partial charge in [0, 0.05) is 12.8 Å². The zero-order valence-electron chi connectivity index (χ0n) is 13.6. The van der Waals surface area contributed by atoms with Gasteiger partial charge in [-0.2, -0.15) is 0 Å². The number of aromatic amines is 1. The lowest BCUT2D eigenvalue weighted by Crippen LogP contribution is -2.31. The Morgan fingerprint density at radius 1 is 1.17 bits per heavy atom. The number of nitrogens with zero attached hydrogens (tertiary/aromatic N) is 1. The Balaban J connectivity index is 1.39. The van der Waals surface area contributed by atoms with Crippen molar-refractivity contribution in [1.82, 2.24) is 15.3 Å². The molecule has 2 N–H and O–H groups in total. The number of carbonyl (C=O) groups is 1. The number of amides is 1. The number of benzene rings is 2. The van der Waals surface area contributed by atoms with Crippen LogP contribution in [-0.4, -0.2) is 15.9 Å². The molecule has 24 heavy (non-hydrogen) atoms. The molecular weight excluding hydrogens is 298 g/mol. The number of imidazole rings is 1. The highest BCUT2D eigenvalue weighted by Crippen LogP contribution is 2.29. The molecule has 1 aliphatic carbocycles. The van der Waals surface area contributed by atoms with Crippen LogP contribution < -0.4 is 5.32 Å². The fourth-order valence-corrected chi connectivity index (χ4v) is 3.53. The average molecular weight is 319 g/mol. The molecule has 0 saturated carbocycles. The molecule has 0 radical (unpaired) electrons. The van der Waals surface area contributed by atoms with Crippen LogP contribution in [-0.2, 0) is 17.6 Å². The van der Waals surface area contributed by atoms with Crippen molar-refractivity contribution in [3.05, 3.63) is 65.5 Å². The number of hydrogen-bond donors (Lipinski definition) is 2. The van der Waals surface area contributed by atoms with Gasteiger partial charge in [0.15, 0.2) is 0 Å². The first kappa shape index (κ1) is 14.9. The van der Waals surface area contributed by atoms with Gasteiger partial charge in [0.1, 0.15) is 5.82 Å². The van der Waals surface area contributed by atoms with Gasteiger partial charge in [-0.3, -0.25) is 4.79 Å². The second kappa shape index (κ2) is 6.48. The van der Waals surface area contributed by atoms with Crippen LogP contribution in [0.2, 0.25) is 0 Å². The van der Waals surface area contributed by atoms with Gasteiger partial charge in [-0.15, -0.1) is 0 Å². The summed E-state index contributed by atoms with van der Waals surface area (Å²) < 4.78 is 0. The standard InChI is InChI=1S/C20H21N3O/c24-20(13-12-19-21-17-9-3-4-10-18(17)22-19)23-16-11-5-7-14-6-1-2-8-15(14)16/h1-4,6,8-10,16H,5,7,11-13H2,(H,21,22)(H,23,24)/t16-/m1/s1. The Labute approximate surface area is 141 Å². The number of H-pyrrole nitrogens is 1. The minimum atomic E-state index is 0.0946. The van der Waals surface area contributed by atoms with Gasteiger partial charge in [-0.05, 0) is 42.5 Å². The summed E-state index contributed by atoms with van der Waals surface area (Å²) in [6, 6.07) is 16.5. The van der Waals surface area contributed by atoms with Gasteiger partial charge in [-0.25, -0.2) is 4.98 Å². The molecule has 3 aromatic rings. The molecule has 0 bridgehead atoms. The zero-order valence-corrected chi connectivity index (χ0v) is 13.6. The second-order valence-corrected chi connectivity index (χ2v) is 6.41. The summed E-state index contributed by atoms with van der Waals surface area (Å²) >= 11 is 0. The Morgan fingerprint density at radius 2 is 2.00 bits per heavy atom. The molecule has 0 aliphatic heterocycles. The first-order chi connectivity index (χ1) is 11.8. The Bertz CT molecular complexity index is 835. The van der Waals surface area contributed by atoms with E-state index in [0.717, 1.165) is 36.1 Å². The maximum Gasteiger partial charge on any atom is 0.220 e. The molecule has 4 nitrogen and oxygen atoms in total. The number of aryl methyl sites for hydroxylation is 2. The van der Waals surface area contributed by atoms with E-state index in [4.69, 9.17) is 0 Å². The van der Waals surface area contributed by atoms with E-state index in [9.17, 15) is 4.79 Å². The van der Waals surface area contributed by atoms with Crippen LogP contribution in [0, 0.1) is 0 Å². The Hall–Kier alpha value is -2.62. The molecule has 1 heterocycles. The van der Waals surface area contributed by atoms with E-state index in [1.165, 1.54) is 11.1 Å². The van der Waals surface area contributed by atoms with Gasteiger partial charge in [0.25, 0.3) is 0 Å². The fraction of sp³-hybridized carbons (Fsp3) is 0.300. The van der Waals surface area contributed by atoms with E-state index in [-0.39, 0.29) is 11.9 Å². The quantitative estimate of drug-likeness (QED) is 0.770. The summed E-state index contributed by atoms with van der Waals surface area (Å²) in [5.41, 5.74) is 4.62. The molecule has 0 saturated heterocycles. The summed E-state index contributed by atoms with van der Waals surface area (Å²) in [5, 5.41) is 3.20. The molecule has 0 fully saturated rings. The number of aromatic nitrogens is 2. The minimum Gasteiger partial charge on any atom is -0.349 e.